The molecular weight excluding hydrogens is 456 g/mol. The van der Waals surface area contributed by atoms with Gasteiger partial charge in [-0.1, -0.05) is 18.2 Å². The molecule has 5 aromatic rings. The summed E-state index contributed by atoms with van der Waals surface area (Å²) in [7, 11) is 3.26. The minimum Gasteiger partial charge on any atom is -0.497 e. The van der Waals surface area contributed by atoms with Crippen LogP contribution in [0.25, 0.3) is 22.6 Å². The molecule has 8 nitrogen and oxygen atoms in total. The number of ether oxygens (including phenoxy) is 3. The topological polar surface area (TPSA) is 79.9 Å². The molecule has 182 valence electrons. The quantitative estimate of drug-likeness (QED) is 0.333. The number of hydrogen-bond donors (Lipinski definition) is 0. The van der Waals surface area contributed by atoms with Gasteiger partial charge in [0, 0.05) is 18.0 Å². The lowest BCUT2D eigenvalue weighted by atomic mass is 10.1. The molecule has 5 rings (SSSR count). The highest BCUT2D eigenvalue weighted by molar-refractivity contribution is 5.66. The molecule has 0 saturated carbocycles. The number of rotatable bonds is 7. The fraction of sp³-hybridized carbons (Fsp3) is 0.179. The van der Waals surface area contributed by atoms with E-state index in [9.17, 15) is 4.79 Å². The van der Waals surface area contributed by atoms with Gasteiger partial charge in [-0.15, -0.1) is 0 Å². The molecule has 0 radical (unpaired) electrons. The average Bonchev–Trinajstić information content (AvgIpc) is 3.28. The lowest BCUT2D eigenvalue weighted by Gasteiger charge is -2.12. The van der Waals surface area contributed by atoms with Crippen LogP contribution in [0.4, 0.5) is 0 Å². The molecule has 0 unspecified atom stereocenters. The molecule has 0 bridgehead atoms. The van der Waals surface area contributed by atoms with Crippen LogP contribution < -0.4 is 19.8 Å². The number of fused-ring (bicyclic) bond motifs is 1. The van der Waals surface area contributed by atoms with Crippen LogP contribution in [0.5, 0.6) is 17.2 Å². The first-order valence-corrected chi connectivity index (χ1v) is 11.5. The van der Waals surface area contributed by atoms with Crippen LogP contribution in [0.2, 0.25) is 0 Å². The van der Waals surface area contributed by atoms with E-state index in [1.165, 1.54) is 4.40 Å². The number of methoxy groups -OCH3 is 2. The molecule has 3 heterocycles. The molecule has 0 fully saturated rings. The highest BCUT2D eigenvalue weighted by Gasteiger charge is 2.18. The Bertz CT molecular complexity index is 1600. The Morgan fingerprint density at radius 1 is 0.889 bits per heavy atom. The average molecular weight is 483 g/mol. The van der Waals surface area contributed by atoms with E-state index >= 15 is 0 Å². The van der Waals surface area contributed by atoms with Crippen molar-refractivity contribution in [1.29, 1.82) is 0 Å². The predicted molar refractivity (Wildman–Crippen MR) is 137 cm³/mol. The van der Waals surface area contributed by atoms with Gasteiger partial charge in [-0.25, -0.2) is 9.67 Å². The molecule has 0 N–H and O–H groups in total. The second-order valence-corrected chi connectivity index (χ2v) is 8.36. The van der Waals surface area contributed by atoms with Crippen molar-refractivity contribution in [2.75, 3.05) is 14.2 Å². The second kappa shape index (κ2) is 9.58. The maximum absolute atomic E-state index is 13.6. The van der Waals surface area contributed by atoms with Crippen molar-refractivity contribution in [3.63, 3.8) is 0 Å². The maximum atomic E-state index is 13.6. The van der Waals surface area contributed by atoms with Crippen molar-refractivity contribution in [3.8, 4) is 34.2 Å². The third-order valence-electron chi connectivity index (χ3n) is 5.99. The summed E-state index contributed by atoms with van der Waals surface area (Å²) >= 11 is 0. The number of pyridine rings is 1. The Labute approximate surface area is 208 Å². The molecular formula is C28H26N4O4. The van der Waals surface area contributed by atoms with Gasteiger partial charge in [0.15, 0.2) is 11.4 Å². The molecule has 0 amide bonds. The fourth-order valence-electron chi connectivity index (χ4n) is 4.13. The summed E-state index contributed by atoms with van der Waals surface area (Å²) < 4.78 is 19.9. The van der Waals surface area contributed by atoms with E-state index in [1.54, 1.807) is 31.2 Å². The van der Waals surface area contributed by atoms with Crippen molar-refractivity contribution in [3.05, 3.63) is 100 Å². The van der Waals surface area contributed by atoms with Gasteiger partial charge in [-0.05, 0) is 61.9 Å². The van der Waals surface area contributed by atoms with E-state index in [0.717, 1.165) is 28.4 Å². The summed E-state index contributed by atoms with van der Waals surface area (Å²) in [5, 5.41) is 4.73. The summed E-state index contributed by atoms with van der Waals surface area (Å²) in [6, 6.07) is 20.7. The number of hydrogen-bond acceptors (Lipinski definition) is 6. The largest absolute Gasteiger partial charge is 0.497 e. The lowest BCUT2D eigenvalue weighted by molar-refractivity contribution is 0.307. The summed E-state index contributed by atoms with van der Waals surface area (Å²) in [6.45, 7) is 4.10. The first kappa shape index (κ1) is 23.2. The van der Waals surface area contributed by atoms with Crippen molar-refractivity contribution in [1.82, 2.24) is 19.2 Å². The Morgan fingerprint density at radius 2 is 1.67 bits per heavy atom. The van der Waals surface area contributed by atoms with E-state index in [-0.39, 0.29) is 5.56 Å². The van der Waals surface area contributed by atoms with Crippen molar-refractivity contribution in [2.45, 2.75) is 20.5 Å². The van der Waals surface area contributed by atoms with Crippen LogP contribution in [-0.4, -0.2) is 33.4 Å². The van der Waals surface area contributed by atoms with Crippen molar-refractivity contribution < 1.29 is 14.2 Å². The molecule has 0 aliphatic carbocycles. The van der Waals surface area contributed by atoms with E-state index < -0.39 is 0 Å². The molecule has 0 aliphatic heterocycles. The number of aryl methyl sites for hydroxylation is 2. The second-order valence-electron chi connectivity index (χ2n) is 8.36. The monoisotopic (exact) mass is 482 g/mol. The van der Waals surface area contributed by atoms with Gasteiger partial charge in [-0.3, -0.25) is 9.20 Å². The first-order valence-electron chi connectivity index (χ1n) is 11.5. The van der Waals surface area contributed by atoms with Crippen LogP contribution in [0.1, 0.15) is 17.0 Å². The molecule has 2 aromatic carbocycles. The Balaban J connectivity index is 1.51. The van der Waals surface area contributed by atoms with Crippen LogP contribution in [0, 0.1) is 13.8 Å². The van der Waals surface area contributed by atoms with Gasteiger partial charge in [0.25, 0.3) is 5.56 Å². The fourth-order valence-corrected chi connectivity index (χ4v) is 4.13. The van der Waals surface area contributed by atoms with Gasteiger partial charge >= 0.3 is 0 Å². The highest BCUT2D eigenvalue weighted by Crippen LogP contribution is 2.25. The smallest absolute Gasteiger partial charge is 0.267 e. The predicted octanol–water partition coefficient (Wildman–Crippen LogP) is 4.76. The molecule has 0 aliphatic rings. The summed E-state index contributed by atoms with van der Waals surface area (Å²) in [6.07, 6.45) is 1.69. The van der Waals surface area contributed by atoms with E-state index in [4.69, 9.17) is 24.3 Å². The van der Waals surface area contributed by atoms with Crippen molar-refractivity contribution in [2.24, 2.45) is 0 Å². The molecule has 0 atom stereocenters. The zero-order valence-corrected chi connectivity index (χ0v) is 20.6. The van der Waals surface area contributed by atoms with Gasteiger partial charge < -0.3 is 14.2 Å². The lowest BCUT2D eigenvalue weighted by Crippen LogP contribution is -2.19. The van der Waals surface area contributed by atoms with Crippen LogP contribution in [0.3, 0.4) is 0 Å². The van der Waals surface area contributed by atoms with Crippen LogP contribution in [0.15, 0.2) is 77.7 Å². The number of aromatic nitrogens is 4. The van der Waals surface area contributed by atoms with Gasteiger partial charge in [0.2, 0.25) is 0 Å². The zero-order valence-electron chi connectivity index (χ0n) is 20.6. The zero-order chi connectivity index (χ0) is 25.2. The third kappa shape index (κ3) is 4.29. The van der Waals surface area contributed by atoms with E-state index in [2.05, 4.69) is 0 Å². The van der Waals surface area contributed by atoms with Crippen LogP contribution in [-0.2, 0) is 6.61 Å². The minimum atomic E-state index is -0.206. The van der Waals surface area contributed by atoms with E-state index in [1.807, 2.05) is 74.5 Å². The summed E-state index contributed by atoms with van der Waals surface area (Å²) in [5.41, 5.74) is 4.55. The molecule has 36 heavy (non-hydrogen) atoms. The standard InChI is InChI=1S/C28H26N4O4/c1-18-15-24(30-32(18)21-7-5-8-23(16-21)35-4)26-19(2)29-27-25(9-6-14-31(27)28(26)33)36-17-20-10-12-22(34-3)13-11-20/h5-16H,17H2,1-4H3. The molecule has 0 spiro atoms. The Hall–Kier alpha value is -4.59. The summed E-state index contributed by atoms with van der Waals surface area (Å²) in [4.78, 5) is 18.3. The Kier molecular flexibility index (Phi) is 6.16. The van der Waals surface area contributed by atoms with Crippen LogP contribution >= 0.6 is 0 Å². The minimum absolute atomic E-state index is 0.206. The highest BCUT2D eigenvalue weighted by atomic mass is 16.5. The van der Waals surface area contributed by atoms with Gasteiger partial charge in [0.1, 0.15) is 23.8 Å². The van der Waals surface area contributed by atoms with Gasteiger partial charge in [0.05, 0.1) is 31.2 Å². The Morgan fingerprint density at radius 3 is 2.42 bits per heavy atom. The van der Waals surface area contributed by atoms with Gasteiger partial charge in [-0.2, -0.15) is 5.10 Å². The maximum Gasteiger partial charge on any atom is 0.267 e. The summed E-state index contributed by atoms with van der Waals surface area (Å²) in [5.74, 6) is 2.04. The first-order chi connectivity index (χ1) is 17.5. The molecule has 0 saturated heterocycles. The number of benzene rings is 2. The number of nitrogens with zero attached hydrogens (tertiary/aromatic N) is 4. The normalized spacial score (nSPS) is 11.0. The molecule has 3 aromatic heterocycles. The SMILES string of the molecule is COc1ccc(COc2cccn3c(=O)c(-c4cc(C)n(-c5cccc(OC)c5)n4)c(C)nc23)cc1. The third-order valence-corrected chi connectivity index (χ3v) is 5.99. The van der Waals surface area contributed by atoms with Crippen molar-refractivity contribution >= 4 is 5.65 Å². The van der Waals surface area contributed by atoms with E-state index in [0.29, 0.717) is 35.0 Å². The molecule has 8 heteroatoms.